The Morgan fingerprint density at radius 2 is 1.21 bits per heavy atom. The Morgan fingerprint density at radius 1 is 0.624 bits per heavy atom. The number of carboxylic acid groups (broad SMARTS) is 3. The number of nitriles is 1. The van der Waals surface area contributed by atoms with E-state index in [0.717, 1.165) is 27.8 Å². The monoisotopic (exact) mass is 1620 g/mol. The highest BCUT2D eigenvalue weighted by Gasteiger charge is 2.37. The molecular weight excluding hydrogens is 1540 g/mol. The maximum Gasteiger partial charge on any atom is 0.320 e. The number of hydrogen-bond donors (Lipinski definition) is 11. The van der Waals surface area contributed by atoms with Crippen molar-refractivity contribution in [1.82, 2.24) is 65.7 Å². The molecule has 2 saturated heterocycles. The molecule has 0 saturated carbocycles. The van der Waals surface area contributed by atoms with Crippen LogP contribution in [0.3, 0.4) is 0 Å². The molecule has 4 amide bonds. The standard InChI is InChI=1S/C65H85ClN14O25S4/c1-42-46(37-104-58-28-57(103-36-45-26-44(29-67)30-68-31-45)47(27-51(58)66)32-70-52(39-107(94,95)96)62(86)69-12-25-106(91,92)93)6-3-7-49(42)50-8-4-9-56(43(50)2)105-38-48-33-80(74-73-48)14-5-13-75-17-23-79(24-18-75)64(88)54(41-109(100,101)102)72-63(87)53(40-108(97,98)99)71-59(81)11-10-55(65(89)90)78-21-19-76(34-60(82)83)15-16-77(20-22-78)35-61(84)85/h3-4,6-9,26-28,30-31,33,52-55,70H,5,10-25,32,34-41H2,1-2H3,(H,69,86)(H,71,81)(H,72,87)(H,82,83)(H,84,85)(H,89,90)(H,91,92,93)(H,94,95,96)(H,97,98,99)(H,100,101,102)/t52-,53-,54-,55+/m0/s1. The molecule has 0 aliphatic carbocycles. The van der Waals surface area contributed by atoms with Crippen molar-refractivity contribution in [2.24, 2.45) is 0 Å². The molecule has 3 aromatic carbocycles. The van der Waals surface area contributed by atoms with Gasteiger partial charge >= 0.3 is 17.9 Å². The van der Waals surface area contributed by atoms with Crippen LogP contribution in [0.4, 0.5) is 0 Å². The first kappa shape index (κ1) is 87.1. The molecule has 39 nitrogen and oxygen atoms in total. The summed E-state index contributed by atoms with van der Waals surface area (Å²) < 4.78 is 154. The maximum absolute atomic E-state index is 13.9. The van der Waals surface area contributed by atoms with E-state index in [1.165, 1.54) is 44.1 Å². The normalized spacial score (nSPS) is 15.7. The van der Waals surface area contributed by atoms with E-state index in [0.29, 0.717) is 36.5 Å². The summed E-state index contributed by atoms with van der Waals surface area (Å²) in [6.07, 6.45) is 3.95. The number of nitrogens with one attached hydrogen (secondary N) is 4. The van der Waals surface area contributed by atoms with Crippen LogP contribution in [0.15, 0.2) is 73.2 Å². The number of halogens is 1. The summed E-state index contributed by atoms with van der Waals surface area (Å²) in [4.78, 5) is 101. The Kier molecular flexibility index (Phi) is 32.0. The predicted molar refractivity (Wildman–Crippen MR) is 386 cm³/mol. The second-order valence-electron chi connectivity index (χ2n) is 25.7. The zero-order valence-corrected chi connectivity index (χ0v) is 63.1. The molecule has 7 rings (SSSR count). The molecule has 0 bridgehead atoms. The summed E-state index contributed by atoms with van der Waals surface area (Å²) in [6, 6.07) is 10.4. The Labute approximate surface area is 632 Å². The lowest BCUT2D eigenvalue weighted by molar-refractivity contribution is -0.145. The summed E-state index contributed by atoms with van der Waals surface area (Å²) >= 11 is 6.81. The summed E-state index contributed by atoms with van der Waals surface area (Å²) in [6.45, 7) is 3.79. The van der Waals surface area contributed by atoms with Crippen molar-refractivity contribution in [3.63, 3.8) is 0 Å². The number of carbonyl (C=O) groups excluding carboxylic acids is 4. The summed E-state index contributed by atoms with van der Waals surface area (Å²) in [7, 11) is -19.4. The molecule has 0 radical (unpaired) electrons. The zero-order chi connectivity index (χ0) is 80.0. The van der Waals surface area contributed by atoms with Gasteiger partial charge in [-0.1, -0.05) is 47.1 Å². The second kappa shape index (κ2) is 40.0. The Balaban J connectivity index is 0.916. The van der Waals surface area contributed by atoms with Gasteiger partial charge in [-0.05, 0) is 72.7 Å². The zero-order valence-electron chi connectivity index (χ0n) is 59.1. The van der Waals surface area contributed by atoms with Gasteiger partial charge < -0.3 is 55.7 Å². The number of hydrogen-bond acceptors (Lipinski definition) is 27. The average molecular weight is 1630 g/mol. The van der Waals surface area contributed by atoms with Crippen molar-refractivity contribution < 1.29 is 115 Å². The van der Waals surface area contributed by atoms with E-state index in [1.807, 2.05) is 55.1 Å². The third kappa shape index (κ3) is 29.3. The van der Waals surface area contributed by atoms with Crippen molar-refractivity contribution in [2.45, 2.75) is 90.2 Å². The second-order valence-corrected chi connectivity index (χ2v) is 32.1. The highest BCUT2D eigenvalue weighted by molar-refractivity contribution is 7.86. The molecule has 0 spiro atoms. The van der Waals surface area contributed by atoms with Gasteiger partial charge in [-0.3, -0.25) is 81.0 Å². The molecule has 596 valence electrons. The van der Waals surface area contributed by atoms with Crippen LogP contribution in [0.2, 0.25) is 5.02 Å². The molecule has 11 N–H and O–H groups in total. The van der Waals surface area contributed by atoms with Gasteiger partial charge in [0.1, 0.15) is 84.5 Å². The highest BCUT2D eigenvalue weighted by Crippen LogP contribution is 2.37. The van der Waals surface area contributed by atoms with E-state index in [9.17, 15) is 101 Å². The lowest BCUT2D eigenvalue weighted by atomic mass is 9.93. The Morgan fingerprint density at radius 3 is 1.83 bits per heavy atom. The quantitative estimate of drug-likeness (QED) is 0.0213. The van der Waals surface area contributed by atoms with E-state index >= 15 is 0 Å². The van der Waals surface area contributed by atoms with Crippen LogP contribution in [0.25, 0.3) is 11.1 Å². The van der Waals surface area contributed by atoms with Gasteiger partial charge in [-0.25, -0.2) is 0 Å². The van der Waals surface area contributed by atoms with Crippen molar-refractivity contribution in [3.05, 3.63) is 117 Å². The number of carboxylic acids is 3. The van der Waals surface area contributed by atoms with E-state index in [1.54, 1.807) is 23.0 Å². The smallest absolute Gasteiger partial charge is 0.320 e. The van der Waals surface area contributed by atoms with Gasteiger partial charge in [0.05, 0.1) is 41.4 Å². The minimum Gasteiger partial charge on any atom is -0.488 e. The number of piperazine rings is 1. The van der Waals surface area contributed by atoms with Gasteiger partial charge in [0.2, 0.25) is 23.6 Å². The number of carbonyl (C=O) groups is 7. The van der Waals surface area contributed by atoms with Gasteiger partial charge in [-0.15, -0.1) is 5.10 Å². The number of aromatic nitrogens is 4. The summed E-state index contributed by atoms with van der Waals surface area (Å²) in [5.41, 5.74) is 5.65. The van der Waals surface area contributed by atoms with Gasteiger partial charge in [0, 0.05) is 128 Å². The van der Waals surface area contributed by atoms with Crippen LogP contribution in [-0.4, -0.2) is 292 Å². The number of nitrogens with zero attached hydrogens (tertiary/aromatic N) is 10. The lowest BCUT2D eigenvalue weighted by Crippen LogP contribution is -2.60. The molecule has 2 aliphatic rings. The molecule has 2 aromatic heterocycles. The molecule has 5 aromatic rings. The fourth-order valence-corrected chi connectivity index (χ4v) is 14.5. The molecule has 2 fully saturated rings. The number of aryl methyl sites for hydroxylation is 1. The predicted octanol–water partition coefficient (Wildman–Crippen LogP) is -0.829. The van der Waals surface area contributed by atoms with Crippen molar-refractivity contribution in [2.75, 3.05) is 115 Å². The van der Waals surface area contributed by atoms with E-state index in [4.69, 9.17) is 30.4 Å². The number of benzene rings is 3. The molecule has 4 atom stereocenters. The number of pyridine rings is 1. The van der Waals surface area contributed by atoms with Crippen LogP contribution < -0.4 is 35.5 Å². The number of amides is 4. The lowest BCUT2D eigenvalue weighted by Gasteiger charge is -2.36. The summed E-state index contributed by atoms with van der Waals surface area (Å²) in [5.74, 6) is -12.3. The van der Waals surface area contributed by atoms with Crippen molar-refractivity contribution in [1.29, 1.82) is 5.26 Å². The molecule has 44 heteroatoms. The topological polar surface area (TPSA) is 557 Å². The van der Waals surface area contributed by atoms with Crippen LogP contribution in [0, 0.1) is 25.2 Å². The molecule has 4 heterocycles. The minimum atomic E-state index is -5.10. The van der Waals surface area contributed by atoms with E-state index < -0.39 is 162 Å². The number of ether oxygens (including phenoxy) is 3. The number of rotatable bonds is 40. The molecule has 109 heavy (non-hydrogen) atoms. The minimum absolute atomic E-state index is 0.00388. The largest absolute Gasteiger partial charge is 0.488 e. The van der Waals surface area contributed by atoms with Crippen molar-refractivity contribution in [3.8, 4) is 34.4 Å². The Bertz CT molecular complexity index is 4580. The summed E-state index contributed by atoms with van der Waals surface area (Å²) in [5, 5.41) is 56.2. The first-order valence-corrected chi connectivity index (χ1v) is 40.5. The number of aliphatic carboxylic acids is 3. The van der Waals surface area contributed by atoms with Gasteiger partial charge in [0.25, 0.3) is 40.5 Å². The SMILES string of the molecule is Cc1c(COc2cc(OCc3cncc(C#N)c3)c(CN[C@@H](CS(=O)(=O)O)C(=O)NCCS(=O)(=O)O)cc2Cl)cccc1-c1cccc(OCc2cn(CCCN3CCN(C(=O)[C@H](CS(=O)(=O)O)NC(=O)[C@H](CS(=O)(=O)O)NC(=O)CC[C@H](C(=O)O)N4CCN(CC(=O)O)CCN(CC(=O)O)CC4)CC3)nn2)c1C. The first-order chi connectivity index (χ1) is 51.3. The van der Waals surface area contributed by atoms with Crippen LogP contribution >= 0.6 is 11.6 Å². The Hall–Kier alpha value is -9.14. The van der Waals surface area contributed by atoms with Crippen LogP contribution in [-0.2, 0) is 107 Å². The van der Waals surface area contributed by atoms with E-state index in [-0.39, 0.29) is 119 Å². The van der Waals surface area contributed by atoms with Gasteiger partial charge in [0.15, 0.2) is 0 Å². The average Bonchev–Trinajstić information content (AvgIpc) is 0.858. The van der Waals surface area contributed by atoms with Crippen molar-refractivity contribution >= 4 is 93.6 Å². The molecule has 0 unspecified atom stereocenters. The van der Waals surface area contributed by atoms with Crippen LogP contribution in [0.1, 0.15) is 58.3 Å². The van der Waals surface area contributed by atoms with Crippen LogP contribution in [0.5, 0.6) is 17.2 Å². The third-order valence-corrected chi connectivity index (χ3v) is 20.8. The maximum atomic E-state index is 13.9. The molecule has 2 aliphatic heterocycles. The van der Waals surface area contributed by atoms with E-state index in [2.05, 4.69) is 36.6 Å². The molecular formula is C65H85ClN14O25S4. The van der Waals surface area contributed by atoms with Gasteiger partial charge in [-0.2, -0.15) is 38.9 Å². The first-order valence-electron chi connectivity index (χ1n) is 33.7. The highest BCUT2D eigenvalue weighted by atomic mass is 35.5. The third-order valence-electron chi connectivity index (χ3n) is 17.5. The fraction of sp³-hybridized carbons (Fsp3) is 0.492. The fourth-order valence-electron chi connectivity index (χ4n) is 11.9.